The summed E-state index contributed by atoms with van der Waals surface area (Å²) in [7, 11) is 0. The van der Waals surface area contributed by atoms with Gasteiger partial charge >= 0.3 is 6.18 Å². The molecule has 6 nitrogen and oxygen atoms in total. The number of piperidine rings is 1. The molecule has 3 aromatic rings. The zero-order valence-corrected chi connectivity index (χ0v) is 19.3. The number of carbonyl (C=O) groups excluding carboxylic acids is 1. The average molecular weight is 472 g/mol. The zero-order chi connectivity index (χ0) is 24.0. The predicted octanol–water partition coefficient (Wildman–Crippen LogP) is 5.72. The number of carbonyl (C=O) groups is 1. The van der Waals surface area contributed by atoms with Gasteiger partial charge in [0.2, 0.25) is 0 Å². The molecular weight excluding hydrogens is 443 g/mol. The number of hydrogen-bond donors (Lipinski definition) is 0. The summed E-state index contributed by atoms with van der Waals surface area (Å²) < 4.78 is 42.3. The molecule has 1 aliphatic heterocycles. The molecule has 180 valence electrons. The summed E-state index contributed by atoms with van der Waals surface area (Å²) in [5, 5.41) is 4.70. The molecule has 2 fully saturated rings. The standard InChI is InChI=1S/C25H28F3N5O/c1-15-6-7-17(11-15)23-16(2)14-33-22(30-23)12-20(31-33)21-5-3-4-10-32(21)24(34)18-8-9-29-13-19(18)25(26,27)28/h8-9,12-15,17,21H,3-7,10-11H2,1-2H3/t15-,17?,21-/m0/s1. The van der Waals surface area contributed by atoms with Gasteiger partial charge in [0.1, 0.15) is 0 Å². The van der Waals surface area contributed by atoms with E-state index in [9.17, 15) is 18.0 Å². The number of likely N-dealkylation sites (tertiary alicyclic amines) is 1. The summed E-state index contributed by atoms with van der Waals surface area (Å²) in [6, 6.07) is 2.64. The molecule has 0 bridgehead atoms. The lowest BCUT2D eigenvalue weighted by Crippen LogP contribution is -2.39. The SMILES string of the molecule is Cc1cn2nc([C@@H]3CCCCN3C(=O)c3ccncc3C(F)(F)F)cc2nc1C1CC[C@H](C)C1. The maximum absolute atomic E-state index is 13.5. The normalized spacial score (nSPS) is 23.6. The number of pyridine rings is 1. The maximum Gasteiger partial charge on any atom is 0.418 e. The number of fused-ring (bicyclic) bond motifs is 1. The number of aromatic nitrogens is 4. The van der Waals surface area contributed by atoms with Crippen LogP contribution in [0.15, 0.2) is 30.7 Å². The van der Waals surface area contributed by atoms with Gasteiger partial charge in [-0.05, 0) is 56.6 Å². The smallest absolute Gasteiger partial charge is 0.330 e. The molecule has 9 heteroatoms. The number of nitrogens with zero attached hydrogens (tertiary/aromatic N) is 5. The number of rotatable bonds is 3. The number of alkyl halides is 3. The summed E-state index contributed by atoms with van der Waals surface area (Å²) in [5.74, 6) is 0.499. The summed E-state index contributed by atoms with van der Waals surface area (Å²) in [6.07, 6.45) is 5.00. The summed E-state index contributed by atoms with van der Waals surface area (Å²) >= 11 is 0. The van der Waals surface area contributed by atoms with Crippen LogP contribution in [0.5, 0.6) is 0 Å². The predicted molar refractivity (Wildman–Crippen MR) is 120 cm³/mol. The van der Waals surface area contributed by atoms with Crippen molar-refractivity contribution in [1.29, 1.82) is 0 Å². The Morgan fingerprint density at radius 2 is 2.00 bits per heavy atom. The minimum atomic E-state index is -4.65. The van der Waals surface area contributed by atoms with Crippen molar-refractivity contribution >= 4 is 11.6 Å². The average Bonchev–Trinajstić information content (AvgIpc) is 3.43. The fraction of sp³-hybridized carbons (Fsp3) is 0.520. The fourth-order valence-electron chi connectivity index (χ4n) is 5.52. The number of halogens is 3. The van der Waals surface area contributed by atoms with Crippen LogP contribution >= 0.6 is 0 Å². The molecule has 2 aliphatic rings. The molecule has 5 rings (SSSR count). The molecule has 3 aromatic heterocycles. The van der Waals surface area contributed by atoms with E-state index in [1.165, 1.54) is 17.5 Å². The van der Waals surface area contributed by atoms with E-state index in [4.69, 9.17) is 10.1 Å². The van der Waals surface area contributed by atoms with E-state index in [0.29, 0.717) is 36.1 Å². The fourth-order valence-corrected chi connectivity index (χ4v) is 5.52. The van der Waals surface area contributed by atoms with E-state index in [1.54, 1.807) is 4.52 Å². The number of amides is 1. The first-order valence-electron chi connectivity index (χ1n) is 11.9. The third kappa shape index (κ3) is 4.16. The third-order valence-electron chi connectivity index (χ3n) is 7.23. The van der Waals surface area contributed by atoms with Gasteiger partial charge in [-0.2, -0.15) is 18.3 Å². The van der Waals surface area contributed by atoms with Gasteiger partial charge in [0.25, 0.3) is 5.91 Å². The van der Waals surface area contributed by atoms with Crippen molar-refractivity contribution in [1.82, 2.24) is 24.5 Å². The Morgan fingerprint density at radius 1 is 1.18 bits per heavy atom. The van der Waals surface area contributed by atoms with E-state index in [-0.39, 0.29) is 5.56 Å². The van der Waals surface area contributed by atoms with Crippen LogP contribution in [0.2, 0.25) is 0 Å². The third-order valence-corrected chi connectivity index (χ3v) is 7.23. The topological polar surface area (TPSA) is 63.4 Å². The molecular formula is C25H28F3N5O. The Balaban J connectivity index is 1.49. The van der Waals surface area contributed by atoms with Gasteiger partial charge in [0.15, 0.2) is 5.65 Å². The van der Waals surface area contributed by atoms with Crippen molar-refractivity contribution in [2.24, 2.45) is 5.92 Å². The van der Waals surface area contributed by atoms with Crippen LogP contribution in [0.1, 0.15) is 90.3 Å². The molecule has 0 aromatic carbocycles. The van der Waals surface area contributed by atoms with Crippen LogP contribution < -0.4 is 0 Å². The lowest BCUT2D eigenvalue weighted by molar-refractivity contribution is -0.138. The number of aryl methyl sites for hydroxylation is 1. The second kappa shape index (κ2) is 8.67. The first-order valence-corrected chi connectivity index (χ1v) is 11.9. The molecule has 0 N–H and O–H groups in total. The first-order chi connectivity index (χ1) is 16.2. The second-order valence-corrected chi connectivity index (χ2v) is 9.73. The van der Waals surface area contributed by atoms with Crippen molar-refractivity contribution in [2.75, 3.05) is 6.54 Å². The largest absolute Gasteiger partial charge is 0.418 e. The van der Waals surface area contributed by atoms with Gasteiger partial charge in [0, 0.05) is 37.1 Å². The second-order valence-electron chi connectivity index (χ2n) is 9.73. The number of hydrogen-bond acceptors (Lipinski definition) is 4. The van der Waals surface area contributed by atoms with Crippen molar-refractivity contribution in [3.63, 3.8) is 0 Å². The molecule has 4 heterocycles. The van der Waals surface area contributed by atoms with Crippen molar-refractivity contribution < 1.29 is 18.0 Å². The van der Waals surface area contributed by atoms with Crippen LogP contribution in [0.3, 0.4) is 0 Å². The van der Waals surface area contributed by atoms with E-state index in [0.717, 1.165) is 49.2 Å². The molecule has 1 unspecified atom stereocenters. The monoisotopic (exact) mass is 471 g/mol. The van der Waals surface area contributed by atoms with Crippen molar-refractivity contribution in [3.05, 3.63) is 58.8 Å². The Morgan fingerprint density at radius 3 is 2.74 bits per heavy atom. The molecule has 1 saturated heterocycles. The Hall–Kier alpha value is -2.97. The first kappa shape index (κ1) is 22.8. The molecule has 34 heavy (non-hydrogen) atoms. The van der Waals surface area contributed by atoms with Gasteiger partial charge in [0.05, 0.1) is 28.6 Å². The Bertz CT molecular complexity index is 1220. The maximum atomic E-state index is 13.5. The van der Waals surface area contributed by atoms with Crippen LogP contribution in [0, 0.1) is 12.8 Å². The summed E-state index contributed by atoms with van der Waals surface area (Å²) in [4.78, 5) is 23.4. The van der Waals surface area contributed by atoms with Gasteiger partial charge in [-0.1, -0.05) is 13.3 Å². The van der Waals surface area contributed by atoms with Crippen molar-refractivity contribution in [3.8, 4) is 0 Å². The van der Waals surface area contributed by atoms with Gasteiger partial charge < -0.3 is 4.90 Å². The van der Waals surface area contributed by atoms with E-state index >= 15 is 0 Å². The Kier molecular flexibility index (Phi) is 5.81. The highest BCUT2D eigenvalue weighted by atomic mass is 19.4. The quantitative estimate of drug-likeness (QED) is 0.490. The lowest BCUT2D eigenvalue weighted by atomic mass is 9.97. The van der Waals surface area contributed by atoms with Crippen molar-refractivity contribution in [2.45, 2.75) is 70.5 Å². The zero-order valence-electron chi connectivity index (χ0n) is 19.3. The minimum absolute atomic E-state index is 0.371. The van der Waals surface area contributed by atoms with Crippen LogP contribution in [0.4, 0.5) is 13.2 Å². The van der Waals surface area contributed by atoms with E-state index in [2.05, 4.69) is 11.9 Å². The molecule has 1 aliphatic carbocycles. The molecule has 1 amide bonds. The highest BCUT2D eigenvalue weighted by Crippen LogP contribution is 2.39. The minimum Gasteiger partial charge on any atom is -0.330 e. The van der Waals surface area contributed by atoms with Crippen LogP contribution in [-0.4, -0.2) is 36.9 Å². The van der Waals surface area contributed by atoms with Crippen LogP contribution in [0.25, 0.3) is 5.65 Å². The van der Waals surface area contributed by atoms with Gasteiger partial charge in [-0.15, -0.1) is 0 Å². The molecule has 0 radical (unpaired) electrons. The molecule has 0 spiro atoms. The van der Waals surface area contributed by atoms with Gasteiger partial charge in [-0.25, -0.2) is 9.50 Å². The summed E-state index contributed by atoms with van der Waals surface area (Å²) in [5.41, 5.74) is 2.19. The molecule has 1 saturated carbocycles. The van der Waals surface area contributed by atoms with E-state index < -0.39 is 23.7 Å². The highest BCUT2D eigenvalue weighted by Gasteiger charge is 2.39. The Labute approximate surface area is 196 Å². The highest BCUT2D eigenvalue weighted by molar-refractivity contribution is 5.96. The molecule has 3 atom stereocenters. The van der Waals surface area contributed by atoms with Gasteiger partial charge in [-0.3, -0.25) is 9.78 Å². The van der Waals surface area contributed by atoms with Crippen LogP contribution in [-0.2, 0) is 6.18 Å². The summed E-state index contributed by atoms with van der Waals surface area (Å²) in [6.45, 7) is 4.70. The lowest BCUT2D eigenvalue weighted by Gasteiger charge is -2.35. The van der Waals surface area contributed by atoms with E-state index in [1.807, 2.05) is 19.2 Å².